The van der Waals surface area contributed by atoms with Crippen molar-refractivity contribution in [3.8, 4) is 17.2 Å². The van der Waals surface area contributed by atoms with E-state index in [0.717, 1.165) is 36.5 Å². The van der Waals surface area contributed by atoms with Crippen LogP contribution in [0.25, 0.3) is 0 Å². The molecule has 1 saturated carbocycles. The average molecular weight is 283 g/mol. The van der Waals surface area contributed by atoms with E-state index < -0.39 is 0 Å². The summed E-state index contributed by atoms with van der Waals surface area (Å²) < 4.78 is 11.9. The molecule has 0 spiro atoms. The monoisotopic (exact) mass is 283 g/mol. The largest absolute Gasteiger partial charge is 0.487 e. The zero-order valence-corrected chi connectivity index (χ0v) is 12.1. The van der Waals surface area contributed by atoms with Crippen LogP contribution in [0.5, 0.6) is 17.2 Å². The van der Waals surface area contributed by atoms with E-state index in [-0.39, 0.29) is 5.60 Å². The Bertz CT molecular complexity index is 562. The van der Waals surface area contributed by atoms with E-state index in [2.05, 4.69) is 0 Å². The fraction of sp³-hybridized carbons (Fsp3) is 0.333. The molecule has 1 aliphatic carbocycles. The molecule has 2 aromatic carbocycles. The smallest absolute Gasteiger partial charge is 0.127 e. The lowest BCUT2D eigenvalue weighted by Gasteiger charge is -2.41. The number of para-hydroxylation sites is 1. The van der Waals surface area contributed by atoms with Crippen LogP contribution in [0.3, 0.4) is 0 Å². The lowest BCUT2D eigenvalue weighted by atomic mass is 9.77. The van der Waals surface area contributed by atoms with Crippen LogP contribution >= 0.6 is 0 Å². The number of hydrogen-bond donors (Lipinski definition) is 1. The van der Waals surface area contributed by atoms with Gasteiger partial charge in [-0.15, -0.1) is 0 Å². The molecule has 0 bridgehead atoms. The maximum atomic E-state index is 6.15. The molecule has 2 N–H and O–H groups in total. The first-order valence-corrected chi connectivity index (χ1v) is 7.52. The fourth-order valence-electron chi connectivity index (χ4n) is 2.69. The van der Waals surface area contributed by atoms with Crippen molar-refractivity contribution in [1.29, 1.82) is 0 Å². The molecule has 0 saturated heterocycles. The zero-order chi connectivity index (χ0) is 14.5. The Kier molecular flexibility index (Phi) is 4.11. The van der Waals surface area contributed by atoms with Gasteiger partial charge >= 0.3 is 0 Å². The first kappa shape index (κ1) is 14.0. The summed E-state index contributed by atoms with van der Waals surface area (Å²) in [5.74, 6) is 2.54. The van der Waals surface area contributed by atoms with E-state index in [9.17, 15) is 0 Å². The maximum absolute atomic E-state index is 6.15. The minimum atomic E-state index is -0.0312. The second-order valence-electron chi connectivity index (χ2n) is 5.56. The molecule has 3 heteroatoms. The van der Waals surface area contributed by atoms with Gasteiger partial charge in [-0.2, -0.15) is 0 Å². The van der Waals surface area contributed by atoms with Crippen molar-refractivity contribution in [3.63, 3.8) is 0 Å². The van der Waals surface area contributed by atoms with Crippen LogP contribution in [0.15, 0.2) is 54.6 Å². The van der Waals surface area contributed by atoms with E-state index in [0.29, 0.717) is 6.54 Å². The molecule has 1 aliphatic rings. The van der Waals surface area contributed by atoms with Crippen molar-refractivity contribution in [1.82, 2.24) is 0 Å². The predicted molar refractivity (Wildman–Crippen MR) is 83.8 cm³/mol. The Morgan fingerprint density at radius 1 is 0.857 bits per heavy atom. The first-order chi connectivity index (χ1) is 10.3. The van der Waals surface area contributed by atoms with Crippen LogP contribution in [0.1, 0.15) is 25.7 Å². The number of ether oxygens (including phenoxy) is 2. The van der Waals surface area contributed by atoms with Gasteiger partial charge in [0, 0.05) is 0 Å². The lowest BCUT2D eigenvalue weighted by molar-refractivity contribution is -0.0125. The zero-order valence-electron chi connectivity index (χ0n) is 12.1. The minimum Gasteiger partial charge on any atom is -0.487 e. The molecule has 21 heavy (non-hydrogen) atoms. The molecule has 0 radical (unpaired) electrons. The maximum Gasteiger partial charge on any atom is 0.127 e. The van der Waals surface area contributed by atoms with Crippen LogP contribution in [0.2, 0.25) is 0 Å². The Labute approximate surface area is 125 Å². The molecule has 0 amide bonds. The Hall–Kier alpha value is -2.00. The molecule has 0 aromatic heterocycles. The van der Waals surface area contributed by atoms with Gasteiger partial charge in [0.05, 0.1) is 0 Å². The first-order valence-electron chi connectivity index (χ1n) is 7.52. The predicted octanol–water partition coefficient (Wildman–Crippen LogP) is 4.13. The van der Waals surface area contributed by atoms with Crippen molar-refractivity contribution < 1.29 is 9.47 Å². The van der Waals surface area contributed by atoms with Gasteiger partial charge in [0.25, 0.3) is 0 Å². The highest BCUT2D eigenvalue weighted by molar-refractivity contribution is 5.35. The van der Waals surface area contributed by atoms with Crippen molar-refractivity contribution in [2.75, 3.05) is 6.54 Å². The third-order valence-corrected chi connectivity index (χ3v) is 4.00. The standard InChI is InChI=1S/C18H21NO2/c19-14-13-18(11-4-12-18)21-17-9-7-16(8-10-17)20-15-5-2-1-3-6-15/h1-3,5-10H,4,11-14,19H2. The summed E-state index contributed by atoms with van der Waals surface area (Å²) in [7, 11) is 0. The summed E-state index contributed by atoms with van der Waals surface area (Å²) in [6.07, 6.45) is 4.36. The molecular weight excluding hydrogens is 262 g/mol. The summed E-state index contributed by atoms with van der Waals surface area (Å²) in [4.78, 5) is 0. The van der Waals surface area contributed by atoms with Crippen molar-refractivity contribution in [2.45, 2.75) is 31.3 Å². The Morgan fingerprint density at radius 2 is 1.48 bits per heavy atom. The topological polar surface area (TPSA) is 44.5 Å². The van der Waals surface area contributed by atoms with E-state index in [4.69, 9.17) is 15.2 Å². The number of rotatable bonds is 6. The van der Waals surface area contributed by atoms with E-state index in [1.54, 1.807) is 0 Å². The van der Waals surface area contributed by atoms with Crippen LogP contribution in [-0.4, -0.2) is 12.1 Å². The van der Waals surface area contributed by atoms with Gasteiger partial charge in [-0.3, -0.25) is 0 Å². The molecule has 0 unspecified atom stereocenters. The molecule has 0 heterocycles. The summed E-state index contributed by atoms with van der Waals surface area (Å²) >= 11 is 0. The molecule has 110 valence electrons. The van der Waals surface area contributed by atoms with Gasteiger partial charge in [0.1, 0.15) is 22.8 Å². The van der Waals surface area contributed by atoms with Crippen molar-refractivity contribution >= 4 is 0 Å². The fourth-order valence-corrected chi connectivity index (χ4v) is 2.69. The van der Waals surface area contributed by atoms with Gasteiger partial charge in [0.15, 0.2) is 0 Å². The summed E-state index contributed by atoms with van der Waals surface area (Å²) in [5, 5.41) is 0. The molecule has 0 aliphatic heterocycles. The summed E-state index contributed by atoms with van der Waals surface area (Å²) in [6, 6.07) is 17.6. The van der Waals surface area contributed by atoms with E-state index >= 15 is 0 Å². The van der Waals surface area contributed by atoms with Gasteiger partial charge in [0.2, 0.25) is 0 Å². The van der Waals surface area contributed by atoms with Gasteiger partial charge in [-0.25, -0.2) is 0 Å². The number of benzene rings is 2. The minimum absolute atomic E-state index is 0.0312. The molecule has 2 aromatic rings. The van der Waals surface area contributed by atoms with Crippen LogP contribution in [0, 0.1) is 0 Å². The third kappa shape index (κ3) is 3.37. The lowest BCUT2D eigenvalue weighted by Crippen LogP contribution is -2.44. The van der Waals surface area contributed by atoms with Crippen LogP contribution in [-0.2, 0) is 0 Å². The van der Waals surface area contributed by atoms with Crippen molar-refractivity contribution in [3.05, 3.63) is 54.6 Å². The molecule has 0 atom stereocenters. The molecule has 1 fully saturated rings. The number of hydrogen-bond acceptors (Lipinski definition) is 3. The van der Waals surface area contributed by atoms with E-state index in [1.165, 1.54) is 6.42 Å². The highest BCUT2D eigenvalue weighted by atomic mass is 16.5. The summed E-state index contributed by atoms with van der Waals surface area (Å²) in [5.41, 5.74) is 5.66. The highest BCUT2D eigenvalue weighted by Gasteiger charge is 2.38. The second-order valence-corrected chi connectivity index (χ2v) is 5.56. The van der Waals surface area contributed by atoms with Crippen LogP contribution in [0.4, 0.5) is 0 Å². The molecule has 3 nitrogen and oxygen atoms in total. The van der Waals surface area contributed by atoms with Gasteiger partial charge in [-0.1, -0.05) is 18.2 Å². The Morgan fingerprint density at radius 3 is 2.05 bits per heavy atom. The quantitative estimate of drug-likeness (QED) is 0.867. The van der Waals surface area contributed by atoms with Gasteiger partial charge < -0.3 is 15.2 Å². The SMILES string of the molecule is NCCC1(Oc2ccc(Oc3ccccc3)cc2)CCC1. The highest BCUT2D eigenvalue weighted by Crippen LogP contribution is 2.39. The molecular formula is C18H21NO2. The second kappa shape index (κ2) is 6.19. The molecule has 3 rings (SSSR count). The third-order valence-electron chi connectivity index (χ3n) is 4.00. The van der Waals surface area contributed by atoms with E-state index in [1.807, 2.05) is 54.6 Å². The van der Waals surface area contributed by atoms with Crippen molar-refractivity contribution in [2.24, 2.45) is 5.73 Å². The van der Waals surface area contributed by atoms with Crippen LogP contribution < -0.4 is 15.2 Å². The normalized spacial score (nSPS) is 16.0. The Balaban J connectivity index is 1.64. The van der Waals surface area contributed by atoms with Gasteiger partial charge in [-0.05, 0) is 68.6 Å². The average Bonchev–Trinajstić information content (AvgIpc) is 2.48. The summed E-state index contributed by atoms with van der Waals surface area (Å²) in [6.45, 7) is 0.676. The number of nitrogens with two attached hydrogens (primary N) is 1.